The fraction of sp³-hybridized carbons (Fsp3) is 0.559. The molecule has 1 aromatic carbocycles. The number of imidazole rings is 1. The molecule has 3 amide bonds. The fourth-order valence-corrected chi connectivity index (χ4v) is 11.4. The number of amides is 3. The van der Waals surface area contributed by atoms with Crippen molar-refractivity contribution in [1.29, 1.82) is 0 Å². The number of hydrogen-bond acceptors (Lipinski definition) is 6. The van der Waals surface area contributed by atoms with Crippen LogP contribution in [-0.4, -0.2) is 69.6 Å². The summed E-state index contributed by atoms with van der Waals surface area (Å²) in [5.41, 5.74) is 1.02. The van der Waals surface area contributed by atoms with Gasteiger partial charge in [-0.2, -0.15) is 5.10 Å². The van der Waals surface area contributed by atoms with Crippen LogP contribution in [0.5, 0.6) is 0 Å². The maximum absolute atomic E-state index is 14.7. The summed E-state index contributed by atoms with van der Waals surface area (Å²) in [6.07, 6.45) is 2.29. The molecule has 0 radical (unpaired) electrons. The molecule has 12 nitrogen and oxygen atoms in total. The second-order valence-electron chi connectivity index (χ2n) is 15.5. The fourth-order valence-electron chi connectivity index (χ4n) is 11.4. The van der Waals surface area contributed by atoms with Crippen molar-refractivity contribution in [1.82, 2.24) is 28.7 Å². The number of carbonyl (C=O) groups is 3. The Hall–Kier alpha value is -4.42. The minimum atomic E-state index is -1.05. The van der Waals surface area contributed by atoms with E-state index in [-0.39, 0.29) is 65.0 Å². The lowest BCUT2D eigenvalue weighted by Gasteiger charge is -3.10. The number of fused-ring (bicyclic) bond motifs is 1. The molecule has 0 saturated heterocycles. The summed E-state index contributed by atoms with van der Waals surface area (Å²) in [4.78, 5) is 55.5. The molecule has 13 heteroatoms. The van der Waals surface area contributed by atoms with Gasteiger partial charge < -0.3 is 14.7 Å². The molecule has 7 aliphatic rings. The van der Waals surface area contributed by atoms with Crippen molar-refractivity contribution in [3.05, 3.63) is 63.2 Å². The third kappa shape index (κ3) is 2.87. The summed E-state index contributed by atoms with van der Waals surface area (Å²) in [7, 11) is 0. The highest BCUT2D eigenvalue weighted by molar-refractivity contribution is 5.94. The summed E-state index contributed by atoms with van der Waals surface area (Å²) in [5.74, 6) is 0.892. The second kappa shape index (κ2) is 8.35. The maximum atomic E-state index is 14.7. The standard InChI is InChI=1S/C34H37FN6O6/c1-14-12-18(13-15(2)27(14)35)41-28(20-16(3)37(30(44)45)9-8-19(20)36-41)38-10-11-39(29(38)43)33-21-24-22(33)26-23(33)25(21)34(24,26)40(17(4)42)31(46)47-32(5,6)7/h10-13,16,21-26H,8-9H2,1-7H3,(H,44,45)/t16-,21?,22?,23?,24?,25?,26?,33?,34?/m0/s1. The molecule has 0 unspecified atom stereocenters. The van der Waals surface area contributed by atoms with Crippen molar-refractivity contribution in [2.45, 2.75) is 77.6 Å². The molecule has 3 heterocycles. The van der Waals surface area contributed by atoms with E-state index in [2.05, 4.69) is 0 Å². The van der Waals surface area contributed by atoms with Gasteiger partial charge in [0.25, 0.3) is 0 Å². The molecular weight excluding hydrogens is 607 g/mol. The first-order chi connectivity index (χ1) is 22.1. The molecule has 2 aromatic heterocycles. The smallest absolute Gasteiger partial charge is 0.417 e. The number of imide groups is 1. The summed E-state index contributed by atoms with van der Waals surface area (Å²) in [6.45, 7) is 12.2. The van der Waals surface area contributed by atoms with Gasteiger partial charge in [0.05, 0.1) is 28.5 Å². The van der Waals surface area contributed by atoms with Crippen LogP contribution in [0.2, 0.25) is 0 Å². The van der Waals surface area contributed by atoms with Gasteiger partial charge in [0, 0.05) is 37.8 Å². The molecule has 246 valence electrons. The third-order valence-electron chi connectivity index (χ3n) is 12.6. The lowest BCUT2D eigenvalue weighted by molar-refractivity contribution is -0.625. The Labute approximate surface area is 269 Å². The number of rotatable bonds is 4. The molecule has 10 rings (SSSR count). The minimum absolute atomic E-state index is 0.154. The van der Waals surface area contributed by atoms with E-state index >= 15 is 0 Å². The number of benzene rings is 1. The maximum Gasteiger partial charge on any atom is 0.417 e. The van der Waals surface area contributed by atoms with Gasteiger partial charge in [-0.15, -0.1) is 0 Å². The Balaban J connectivity index is 1.11. The van der Waals surface area contributed by atoms with Crippen molar-refractivity contribution in [3.63, 3.8) is 0 Å². The van der Waals surface area contributed by atoms with Crippen molar-refractivity contribution in [2.75, 3.05) is 6.54 Å². The summed E-state index contributed by atoms with van der Waals surface area (Å²) < 4.78 is 25.4. The highest BCUT2D eigenvalue weighted by Gasteiger charge is 3.12. The van der Waals surface area contributed by atoms with Crippen LogP contribution < -0.4 is 5.69 Å². The molecule has 1 atom stereocenters. The number of hydrogen-bond donors (Lipinski definition) is 1. The molecule has 6 fully saturated rings. The number of carboxylic acid groups (broad SMARTS) is 1. The highest BCUT2D eigenvalue weighted by atomic mass is 19.1. The van der Waals surface area contributed by atoms with E-state index in [4.69, 9.17) is 9.84 Å². The van der Waals surface area contributed by atoms with E-state index in [1.165, 1.54) is 16.7 Å². The molecule has 6 aliphatic carbocycles. The topological polar surface area (TPSA) is 132 Å². The van der Waals surface area contributed by atoms with Gasteiger partial charge in [0.2, 0.25) is 5.91 Å². The molecule has 6 saturated carbocycles. The van der Waals surface area contributed by atoms with Gasteiger partial charge in [-0.3, -0.25) is 13.9 Å². The van der Waals surface area contributed by atoms with Gasteiger partial charge >= 0.3 is 17.9 Å². The molecule has 0 spiro atoms. The summed E-state index contributed by atoms with van der Waals surface area (Å²) in [5, 5.41) is 14.8. The average Bonchev–Trinajstić information content (AvgIpc) is 3.55. The molecule has 1 aliphatic heterocycles. The van der Waals surface area contributed by atoms with Gasteiger partial charge in [0.15, 0.2) is 0 Å². The average molecular weight is 645 g/mol. The van der Waals surface area contributed by atoms with Crippen molar-refractivity contribution >= 4 is 18.1 Å². The largest absolute Gasteiger partial charge is 0.465 e. The normalized spacial score (nSPS) is 34.6. The first kappa shape index (κ1) is 28.8. The number of ether oxygens (including phenoxy) is 1. The van der Waals surface area contributed by atoms with E-state index in [0.29, 0.717) is 40.3 Å². The van der Waals surface area contributed by atoms with Gasteiger partial charge in [-0.1, -0.05) is 0 Å². The molecule has 47 heavy (non-hydrogen) atoms. The summed E-state index contributed by atoms with van der Waals surface area (Å²) in [6, 6.07) is 2.82. The Bertz CT molecular complexity index is 1970. The van der Waals surface area contributed by atoms with Crippen molar-refractivity contribution in [3.8, 4) is 11.5 Å². The molecule has 1 N–H and O–H groups in total. The quantitative estimate of drug-likeness (QED) is 0.451. The van der Waals surface area contributed by atoms with E-state index in [9.17, 15) is 28.7 Å². The van der Waals surface area contributed by atoms with Crippen LogP contribution in [0.1, 0.15) is 63.0 Å². The van der Waals surface area contributed by atoms with Gasteiger partial charge in [-0.25, -0.2) is 28.4 Å². The minimum Gasteiger partial charge on any atom is -0.465 e. The lowest BCUT2D eigenvalue weighted by atomic mass is 8.95. The zero-order valence-electron chi connectivity index (χ0n) is 27.3. The second-order valence-corrected chi connectivity index (χ2v) is 15.5. The van der Waals surface area contributed by atoms with Gasteiger partial charge in [0.1, 0.15) is 17.2 Å². The third-order valence-corrected chi connectivity index (χ3v) is 12.6. The first-order valence-corrected chi connectivity index (χ1v) is 16.3. The van der Waals surface area contributed by atoms with Crippen LogP contribution in [0, 0.1) is 55.2 Å². The van der Waals surface area contributed by atoms with E-state index in [1.54, 1.807) is 69.1 Å². The highest BCUT2D eigenvalue weighted by Crippen LogP contribution is 3.06. The molecule has 3 aromatic rings. The van der Waals surface area contributed by atoms with Crippen LogP contribution >= 0.6 is 0 Å². The lowest BCUT2D eigenvalue weighted by Crippen LogP contribution is -3.17. The zero-order valence-corrected chi connectivity index (χ0v) is 27.3. The number of nitrogens with zero attached hydrogens (tertiary/aromatic N) is 6. The first-order valence-electron chi connectivity index (χ1n) is 16.3. The predicted octanol–water partition coefficient (Wildman–Crippen LogP) is 4.16. The number of carbonyl (C=O) groups excluding carboxylic acids is 2. The van der Waals surface area contributed by atoms with E-state index < -0.39 is 29.4 Å². The van der Waals surface area contributed by atoms with Crippen LogP contribution in [0.15, 0.2) is 29.3 Å². The number of aryl methyl sites for hydroxylation is 2. The van der Waals surface area contributed by atoms with Crippen molar-refractivity contribution < 1.29 is 28.6 Å². The number of halogens is 1. The predicted molar refractivity (Wildman–Crippen MR) is 164 cm³/mol. The number of aromatic nitrogens is 4. The Morgan fingerprint density at radius 3 is 2.17 bits per heavy atom. The Morgan fingerprint density at radius 2 is 1.64 bits per heavy atom. The monoisotopic (exact) mass is 644 g/mol. The van der Waals surface area contributed by atoms with Crippen LogP contribution in [0.4, 0.5) is 14.0 Å². The Morgan fingerprint density at radius 1 is 1.04 bits per heavy atom. The Kier molecular flexibility index (Phi) is 5.11. The van der Waals surface area contributed by atoms with Crippen LogP contribution in [0.25, 0.3) is 11.5 Å². The van der Waals surface area contributed by atoms with Crippen LogP contribution in [0.3, 0.4) is 0 Å². The SMILES string of the molecule is CC(=O)N(C(=O)OC(C)(C)C)C12C3C4C1C1C2C3C41n1ccn(-c2c3c(nn2-c2cc(C)c(F)c(C)c2)CCN(C(=O)O)[C@H]3C)c1=O. The van der Waals surface area contributed by atoms with Gasteiger partial charge in [-0.05, 0) is 100 Å². The van der Waals surface area contributed by atoms with Crippen LogP contribution in [-0.2, 0) is 21.5 Å². The summed E-state index contributed by atoms with van der Waals surface area (Å²) >= 11 is 0. The van der Waals surface area contributed by atoms with Crippen molar-refractivity contribution in [2.24, 2.45) is 35.5 Å². The zero-order chi connectivity index (χ0) is 33.4. The molecular formula is C34H37FN6O6. The van der Waals surface area contributed by atoms with E-state index in [0.717, 1.165) is 0 Å². The van der Waals surface area contributed by atoms with E-state index in [1.807, 2.05) is 10.8 Å². The molecule has 0 bridgehead atoms.